The first-order valence-corrected chi connectivity index (χ1v) is 7.72. The number of hydrogen-bond acceptors (Lipinski definition) is 3. The standard InChI is InChI=1S/C17H24N2O2.ClH/c1-16(2,3)21-15(20)19-12-17(8-10-18-11-9-17)13-6-4-5-7-14(13)19;/h4-7,18H,8-12H2,1-3H3;1H. The molecule has 5 heteroatoms. The van der Waals surface area contributed by atoms with E-state index in [9.17, 15) is 4.79 Å². The summed E-state index contributed by atoms with van der Waals surface area (Å²) in [4.78, 5) is 14.4. The van der Waals surface area contributed by atoms with Gasteiger partial charge in [0.25, 0.3) is 0 Å². The first-order chi connectivity index (χ1) is 9.91. The maximum Gasteiger partial charge on any atom is 0.414 e. The molecule has 1 fully saturated rings. The van der Waals surface area contributed by atoms with Crippen LogP contribution in [0.3, 0.4) is 0 Å². The molecular weight excluding hydrogens is 300 g/mol. The van der Waals surface area contributed by atoms with E-state index >= 15 is 0 Å². The molecule has 0 bridgehead atoms. The van der Waals surface area contributed by atoms with Crippen molar-refractivity contribution in [2.75, 3.05) is 24.5 Å². The van der Waals surface area contributed by atoms with Crippen LogP contribution in [-0.4, -0.2) is 31.3 Å². The number of piperidine rings is 1. The maximum atomic E-state index is 12.5. The van der Waals surface area contributed by atoms with Gasteiger partial charge in [0.05, 0.1) is 5.69 Å². The first kappa shape index (κ1) is 17.1. The highest BCUT2D eigenvalue weighted by molar-refractivity contribution is 5.91. The van der Waals surface area contributed by atoms with Gasteiger partial charge in [-0.15, -0.1) is 12.4 Å². The van der Waals surface area contributed by atoms with Gasteiger partial charge in [-0.25, -0.2) is 4.79 Å². The largest absolute Gasteiger partial charge is 0.443 e. The summed E-state index contributed by atoms with van der Waals surface area (Å²) in [6.07, 6.45) is 1.91. The summed E-state index contributed by atoms with van der Waals surface area (Å²) in [5.41, 5.74) is 1.96. The minimum atomic E-state index is -0.462. The molecule has 2 aliphatic heterocycles. The summed E-state index contributed by atoms with van der Waals surface area (Å²) in [5, 5.41) is 3.41. The summed E-state index contributed by atoms with van der Waals surface area (Å²) >= 11 is 0. The lowest BCUT2D eigenvalue weighted by molar-refractivity contribution is 0.0575. The molecule has 0 aromatic heterocycles. The number of carbonyl (C=O) groups is 1. The Hall–Kier alpha value is -1.26. The van der Waals surface area contributed by atoms with E-state index in [1.165, 1.54) is 5.56 Å². The van der Waals surface area contributed by atoms with Crippen molar-refractivity contribution in [2.24, 2.45) is 0 Å². The first-order valence-electron chi connectivity index (χ1n) is 7.72. The Bertz CT molecular complexity index is 548. The number of benzene rings is 1. The number of carbonyl (C=O) groups excluding carboxylic acids is 1. The van der Waals surface area contributed by atoms with Crippen molar-refractivity contribution in [3.8, 4) is 0 Å². The van der Waals surface area contributed by atoms with Gasteiger partial charge in [0.15, 0.2) is 0 Å². The van der Waals surface area contributed by atoms with Crippen LogP contribution in [-0.2, 0) is 10.2 Å². The van der Waals surface area contributed by atoms with Crippen molar-refractivity contribution in [1.29, 1.82) is 0 Å². The zero-order valence-electron chi connectivity index (χ0n) is 13.5. The molecule has 1 N–H and O–H groups in total. The van der Waals surface area contributed by atoms with Gasteiger partial charge in [-0.1, -0.05) is 18.2 Å². The molecule has 0 aliphatic carbocycles. The summed E-state index contributed by atoms with van der Waals surface area (Å²) in [7, 11) is 0. The minimum Gasteiger partial charge on any atom is -0.443 e. The van der Waals surface area contributed by atoms with Crippen molar-refractivity contribution in [3.05, 3.63) is 29.8 Å². The lowest BCUT2D eigenvalue weighted by atomic mass is 9.75. The van der Waals surface area contributed by atoms with E-state index in [2.05, 4.69) is 17.4 Å². The van der Waals surface area contributed by atoms with E-state index in [1.807, 2.05) is 37.8 Å². The molecule has 0 saturated carbocycles. The van der Waals surface area contributed by atoms with Crippen molar-refractivity contribution in [2.45, 2.75) is 44.6 Å². The van der Waals surface area contributed by atoms with E-state index in [4.69, 9.17) is 4.74 Å². The van der Waals surface area contributed by atoms with Crippen LogP contribution >= 0.6 is 12.4 Å². The number of fused-ring (bicyclic) bond motifs is 2. The molecule has 1 aromatic carbocycles. The minimum absolute atomic E-state index is 0. The molecular formula is C17H25ClN2O2. The third kappa shape index (κ3) is 3.08. The fourth-order valence-electron chi connectivity index (χ4n) is 3.44. The van der Waals surface area contributed by atoms with Crippen LogP contribution in [0.2, 0.25) is 0 Å². The molecule has 2 aliphatic rings. The highest BCUT2D eigenvalue weighted by Crippen LogP contribution is 2.46. The van der Waals surface area contributed by atoms with Crippen molar-refractivity contribution in [3.63, 3.8) is 0 Å². The van der Waals surface area contributed by atoms with Gasteiger partial charge in [-0.05, 0) is 58.3 Å². The number of nitrogens with zero attached hydrogens (tertiary/aromatic N) is 1. The van der Waals surface area contributed by atoms with Crippen LogP contribution in [0.25, 0.3) is 0 Å². The third-order valence-corrected chi connectivity index (χ3v) is 4.40. The van der Waals surface area contributed by atoms with E-state index < -0.39 is 5.60 Å². The Morgan fingerprint density at radius 2 is 1.86 bits per heavy atom. The van der Waals surface area contributed by atoms with Crippen LogP contribution in [0.1, 0.15) is 39.2 Å². The molecule has 0 radical (unpaired) electrons. The summed E-state index contributed by atoms with van der Waals surface area (Å²) in [5.74, 6) is 0. The number of amides is 1. The maximum absolute atomic E-state index is 12.5. The molecule has 122 valence electrons. The second kappa shape index (κ2) is 6.09. The van der Waals surface area contributed by atoms with E-state index in [-0.39, 0.29) is 23.9 Å². The molecule has 2 heterocycles. The molecule has 1 aromatic rings. The summed E-state index contributed by atoms with van der Waals surface area (Å²) in [6.45, 7) is 8.49. The van der Waals surface area contributed by atoms with Crippen LogP contribution in [0.15, 0.2) is 24.3 Å². The molecule has 0 atom stereocenters. The monoisotopic (exact) mass is 324 g/mol. The number of anilines is 1. The Balaban J connectivity index is 0.00000176. The molecule has 0 unspecified atom stereocenters. The average molecular weight is 325 g/mol. The SMILES string of the molecule is CC(C)(C)OC(=O)N1CC2(CCNCC2)c2ccccc21.Cl. The van der Waals surface area contributed by atoms with Crippen LogP contribution in [0.4, 0.5) is 10.5 Å². The van der Waals surface area contributed by atoms with E-state index in [1.54, 1.807) is 0 Å². The Kier molecular flexibility index (Phi) is 4.73. The predicted octanol–water partition coefficient (Wildman–Crippen LogP) is 3.48. The topological polar surface area (TPSA) is 41.6 Å². The average Bonchev–Trinajstić information content (AvgIpc) is 2.74. The second-order valence-corrected chi connectivity index (χ2v) is 7.11. The normalized spacial score (nSPS) is 19.5. The van der Waals surface area contributed by atoms with Crippen LogP contribution in [0, 0.1) is 0 Å². The Morgan fingerprint density at radius 1 is 1.23 bits per heavy atom. The van der Waals surface area contributed by atoms with Crippen molar-refractivity contribution < 1.29 is 9.53 Å². The number of hydrogen-bond donors (Lipinski definition) is 1. The Morgan fingerprint density at radius 3 is 2.50 bits per heavy atom. The molecule has 1 amide bonds. The van der Waals surface area contributed by atoms with Gasteiger partial charge in [-0.2, -0.15) is 0 Å². The van der Waals surface area contributed by atoms with Gasteiger partial charge in [0, 0.05) is 12.0 Å². The number of nitrogens with one attached hydrogen (secondary N) is 1. The zero-order chi connectivity index (χ0) is 15.1. The fraction of sp³-hybridized carbons (Fsp3) is 0.588. The van der Waals surface area contributed by atoms with Gasteiger partial charge in [0.1, 0.15) is 5.60 Å². The lowest BCUT2D eigenvalue weighted by Crippen LogP contribution is -2.45. The van der Waals surface area contributed by atoms with Gasteiger partial charge >= 0.3 is 6.09 Å². The number of ether oxygens (including phenoxy) is 1. The molecule has 22 heavy (non-hydrogen) atoms. The smallest absolute Gasteiger partial charge is 0.414 e. The highest BCUT2D eigenvalue weighted by atomic mass is 35.5. The van der Waals surface area contributed by atoms with Crippen molar-refractivity contribution in [1.82, 2.24) is 5.32 Å². The van der Waals surface area contributed by atoms with Gasteiger partial charge in [-0.3, -0.25) is 4.90 Å². The molecule has 1 spiro atoms. The molecule has 1 saturated heterocycles. The third-order valence-electron chi connectivity index (χ3n) is 4.40. The molecule has 4 nitrogen and oxygen atoms in total. The zero-order valence-corrected chi connectivity index (χ0v) is 14.3. The number of halogens is 1. The van der Waals surface area contributed by atoms with Gasteiger partial charge in [0.2, 0.25) is 0 Å². The van der Waals surface area contributed by atoms with Crippen LogP contribution in [0.5, 0.6) is 0 Å². The van der Waals surface area contributed by atoms with E-state index in [0.717, 1.165) is 38.2 Å². The van der Waals surface area contributed by atoms with Crippen molar-refractivity contribution >= 4 is 24.2 Å². The lowest BCUT2D eigenvalue weighted by Gasteiger charge is -2.34. The molecule has 3 rings (SSSR count). The predicted molar refractivity (Wildman–Crippen MR) is 91.1 cm³/mol. The second-order valence-electron chi connectivity index (χ2n) is 7.11. The number of rotatable bonds is 0. The van der Waals surface area contributed by atoms with Gasteiger partial charge < -0.3 is 10.1 Å². The highest BCUT2D eigenvalue weighted by Gasteiger charge is 2.45. The fourth-order valence-corrected chi connectivity index (χ4v) is 3.44. The quantitative estimate of drug-likeness (QED) is 0.794. The summed E-state index contributed by atoms with van der Waals surface area (Å²) < 4.78 is 5.58. The summed E-state index contributed by atoms with van der Waals surface area (Å²) in [6, 6.07) is 8.28. The van der Waals surface area contributed by atoms with Crippen LogP contribution < -0.4 is 10.2 Å². The van der Waals surface area contributed by atoms with E-state index in [0.29, 0.717) is 0 Å². The Labute approximate surface area is 138 Å². The number of para-hydroxylation sites is 1.